The molecule has 0 aliphatic rings. The molecule has 5 heteroatoms. The van der Waals surface area contributed by atoms with Crippen LogP contribution in [0.3, 0.4) is 0 Å². The molecule has 5 aromatic carbocycles. The SMILES string of the molecule is CC(C)(C)[Si](OCC[C@H](CO[Si](c1ccccc1)(c1ccccc1)C(C)(C)C)OCc1ccccc1)(c1ccccc1)c1ccccc1. The van der Waals surface area contributed by atoms with Gasteiger partial charge in [0.25, 0.3) is 16.6 Å². The van der Waals surface area contributed by atoms with Crippen molar-refractivity contribution in [3.8, 4) is 0 Å². The first-order valence-corrected chi connectivity index (χ1v) is 21.0. The number of ether oxygens (including phenoxy) is 1. The van der Waals surface area contributed by atoms with E-state index >= 15 is 0 Å². The fourth-order valence-corrected chi connectivity index (χ4v) is 16.3. The fraction of sp³-hybridized carbons (Fsp3) is 0.302. The molecule has 3 nitrogen and oxygen atoms in total. The lowest BCUT2D eigenvalue weighted by Crippen LogP contribution is -2.67. The van der Waals surface area contributed by atoms with E-state index in [0.29, 0.717) is 19.8 Å². The maximum absolute atomic E-state index is 7.41. The maximum atomic E-state index is 7.41. The summed E-state index contributed by atoms with van der Waals surface area (Å²) in [5.74, 6) is 0. The average Bonchev–Trinajstić information content (AvgIpc) is 3.10. The zero-order valence-electron chi connectivity index (χ0n) is 29.6. The Labute approximate surface area is 291 Å². The van der Waals surface area contributed by atoms with Crippen LogP contribution in [0.1, 0.15) is 53.5 Å². The number of hydrogen-bond donors (Lipinski definition) is 0. The Kier molecular flexibility index (Phi) is 11.7. The van der Waals surface area contributed by atoms with Crippen LogP contribution in [0.5, 0.6) is 0 Å². The molecule has 250 valence electrons. The van der Waals surface area contributed by atoms with Gasteiger partial charge < -0.3 is 13.6 Å². The highest BCUT2D eigenvalue weighted by molar-refractivity contribution is 7.00. The quantitative estimate of drug-likeness (QED) is 0.112. The van der Waals surface area contributed by atoms with Gasteiger partial charge in [0.15, 0.2) is 0 Å². The molecule has 0 heterocycles. The van der Waals surface area contributed by atoms with Gasteiger partial charge in [-0.2, -0.15) is 0 Å². The predicted molar refractivity (Wildman–Crippen MR) is 207 cm³/mol. The lowest BCUT2D eigenvalue weighted by atomic mass is 10.2. The topological polar surface area (TPSA) is 27.7 Å². The molecular weight excluding hydrogens is 621 g/mol. The zero-order chi connectivity index (χ0) is 34.1. The molecule has 0 saturated carbocycles. The van der Waals surface area contributed by atoms with E-state index in [9.17, 15) is 0 Å². The van der Waals surface area contributed by atoms with Crippen molar-refractivity contribution >= 4 is 37.4 Å². The Morgan fingerprint density at radius 2 is 0.792 bits per heavy atom. The van der Waals surface area contributed by atoms with E-state index < -0.39 is 16.6 Å². The van der Waals surface area contributed by atoms with Crippen molar-refractivity contribution < 1.29 is 13.6 Å². The van der Waals surface area contributed by atoms with Crippen LogP contribution in [0.25, 0.3) is 0 Å². The van der Waals surface area contributed by atoms with Crippen molar-refractivity contribution in [1.29, 1.82) is 0 Å². The molecule has 0 fully saturated rings. The second kappa shape index (κ2) is 15.8. The van der Waals surface area contributed by atoms with Crippen LogP contribution in [0.2, 0.25) is 10.1 Å². The van der Waals surface area contributed by atoms with Gasteiger partial charge in [0.05, 0.1) is 19.3 Å². The second-order valence-electron chi connectivity index (χ2n) is 14.7. The van der Waals surface area contributed by atoms with Gasteiger partial charge in [0.1, 0.15) is 0 Å². The molecule has 5 aromatic rings. The van der Waals surface area contributed by atoms with Crippen molar-refractivity contribution in [3.05, 3.63) is 157 Å². The second-order valence-corrected chi connectivity index (χ2v) is 23.3. The predicted octanol–water partition coefficient (Wildman–Crippen LogP) is 8.12. The first-order chi connectivity index (χ1) is 23.1. The summed E-state index contributed by atoms with van der Waals surface area (Å²) in [5, 5.41) is 4.90. The summed E-state index contributed by atoms with van der Waals surface area (Å²) < 4.78 is 21.5. The summed E-state index contributed by atoms with van der Waals surface area (Å²) >= 11 is 0. The van der Waals surface area contributed by atoms with Crippen molar-refractivity contribution in [2.75, 3.05) is 13.2 Å². The molecule has 48 heavy (non-hydrogen) atoms. The van der Waals surface area contributed by atoms with Crippen LogP contribution >= 0.6 is 0 Å². The average molecular weight is 673 g/mol. The molecule has 0 aromatic heterocycles. The molecule has 0 unspecified atom stereocenters. The summed E-state index contributed by atoms with van der Waals surface area (Å²) in [7, 11) is -5.43. The molecule has 0 bridgehead atoms. The Bertz CT molecular complexity index is 1570. The van der Waals surface area contributed by atoms with E-state index in [2.05, 4.69) is 187 Å². The largest absolute Gasteiger partial charge is 0.407 e. The van der Waals surface area contributed by atoms with Crippen LogP contribution in [-0.4, -0.2) is 36.0 Å². The van der Waals surface area contributed by atoms with Crippen LogP contribution in [0.4, 0.5) is 0 Å². The summed E-state index contributed by atoms with van der Waals surface area (Å²) in [6.45, 7) is 15.5. The smallest absolute Gasteiger partial charge is 0.261 e. The van der Waals surface area contributed by atoms with Gasteiger partial charge in [-0.3, -0.25) is 0 Å². The molecule has 1 atom stereocenters. The molecule has 0 saturated heterocycles. The Hall–Kier alpha value is -3.59. The fourth-order valence-electron chi connectivity index (χ4n) is 7.09. The van der Waals surface area contributed by atoms with Gasteiger partial charge in [-0.25, -0.2) is 0 Å². The van der Waals surface area contributed by atoms with Gasteiger partial charge >= 0.3 is 0 Å². The molecule has 0 radical (unpaired) electrons. The third-order valence-electron chi connectivity index (χ3n) is 9.41. The first-order valence-electron chi connectivity index (χ1n) is 17.2. The number of hydrogen-bond acceptors (Lipinski definition) is 3. The van der Waals surface area contributed by atoms with Crippen molar-refractivity contribution in [3.63, 3.8) is 0 Å². The van der Waals surface area contributed by atoms with Gasteiger partial charge in [-0.05, 0) is 42.8 Å². The molecular formula is C43H52O3Si2. The maximum Gasteiger partial charge on any atom is 0.261 e. The van der Waals surface area contributed by atoms with E-state index in [1.54, 1.807) is 0 Å². The van der Waals surface area contributed by atoms with Crippen molar-refractivity contribution in [2.24, 2.45) is 0 Å². The molecule has 0 spiro atoms. The Balaban J connectivity index is 1.48. The molecule has 0 N–H and O–H groups in total. The Morgan fingerprint density at radius 3 is 1.15 bits per heavy atom. The molecule has 0 aliphatic heterocycles. The number of rotatable bonds is 14. The normalized spacial score (nSPS) is 13.3. The lowest BCUT2D eigenvalue weighted by Gasteiger charge is -2.44. The first kappa shape index (κ1) is 35.7. The van der Waals surface area contributed by atoms with Gasteiger partial charge in [0.2, 0.25) is 0 Å². The highest BCUT2D eigenvalue weighted by Crippen LogP contribution is 2.38. The van der Waals surface area contributed by atoms with Crippen LogP contribution in [0.15, 0.2) is 152 Å². The Morgan fingerprint density at radius 1 is 0.458 bits per heavy atom. The minimum atomic E-state index is -2.74. The third kappa shape index (κ3) is 7.83. The standard InChI is InChI=1S/C43H52O3Si2/c1-42(2,3)47(38-24-14-8-15-25-38,39-26-16-9-17-27-39)45-33-32-37(44-34-36-22-12-7-13-23-36)35-46-48(43(4,5)6,40-28-18-10-19-29-40)41-30-20-11-21-31-41/h7-31,37H,32-35H2,1-6H3/t37-/m1/s1. The molecule has 0 amide bonds. The minimum Gasteiger partial charge on any atom is -0.407 e. The number of benzene rings is 5. The van der Waals surface area contributed by atoms with Gasteiger partial charge in [-0.1, -0.05) is 193 Å². The zero-order valence-corrected chi connectivity index (χ0v) is 31.6. The van der Waals surface area contributed by atoms with Gasteiger partial charge in [0, 0.05) is 6.61 Å². The van der Waals surface area contributed by atoms with Gasteiger partial charge in [-0.15, -0.1) is 0 Å². The lowest BCUT2D eigenvalue weighted by molar-refractivity contribution is -0.00518. The summed E-state index contributed by atoms with van der Waals surface area (Å²) in [6.07, 6.45) is 0.556. The van der Waals surface area contributed by atoms with Crippen molar-refractivity contribution in [2.45, 2.75) is 70.8 Å². The van der Waals surface area contributed by atoms with Crippen LogP contribution in [0, 0.1) is 0 Å². The third-order valence-corrected chi connectivity index (χ3v) is 19.5. The molecule has 5 rings (SSSR count). The van der Waals surface area contributed by atoms with E-state index in [1.807, 2.05) is 6.07 Å². The minimum absolute atomic E-state index is 0.0957. The summed E-state index contributed by atoms with van der Waals surface area (Å²) in [6, 6.07) is 53.9. The van der Waals surface area contributed by atoms with E-state index in [4.69, 9.17) is 13.6 Å². The summed E-state index contributed by atoms with van der Waals surface area (Å²) in [5.41, 5.74) is 1.15. The van der Waals surface area contributed by atoms with E-state index in [-0.39, 0.29) is 16.2 Å². The molecule has 0 aliphatic carbocycles. The van der Waals surface area contributed by atoms with E-state index in [0.717, 1.165) is 12.0 Å². The highest BCUT2D eigenvalue weighted by atomic mass is 28.4. The van der Waals surface area contributed by atoms with Crippen LogP contribution < -0.4 is 20.7 Å². The highest BCUT2D eigenvalue weighted by Gasteiger charge is 2.51. The van der Waals surface area contributed by atoms with Crippen molar-refractivity contribution in [1.82, 2.24) is 0 Å². The monoisotopic (exact) mass is 672 g/mol. The summed E-state index contributed by atoms with van der Waals surface area (Å²) in [4.78, 5) is 0. The van der Waals surface area contributed by atoms with Crippen LogP contribution in [-0.2, 0) is 20.2 Å². The van der Waals surface area contributed by atoms with E-state index in [1.165, 1.54) is 20.7 Å².